The number of aryl methyl sites for hydroxylation is 1. The van der Waals surface area contributed by atoms with Crippen LogP contribution in [0.2, 0.25) is 0 Å². The van der Waals surface area contributed by atoms with Crippen molar-refractivity contribution in [2.45, 2.75) is 26.3 Å². The Morgan fingerprint density at radius 3 is 2.74 bits per heavy atom. The molecule has 2 heterocycles. The second kappa shape index (κ2) is 6.75. The van der Waals surface area contributed by atoms with Gasteiger partial charge in [-0.2, -0.15) is 5.10 Å². The van der Waals surface area contributed by atoms with Gasteiger partial charge in [0.05, 0.1) is 12.2 Å². The van der Waals surface area contributed by atoms with Crippen LogP contribution in [0.5, 0.6) is 0 Å². The molecule has 0 aliphatic carbocycles. The van der Waals surface area contributed by atoms with Crippen molar-refractivity contribution in [3.8, 4) is 0 Å². The van der Waals surface area contributed by atoms with Crippen molar-refractivity contribution >= 4 is 34.6 Å². The number of thiophene rings is 1. The fourth-order valence-corrected chi connectivity index (χ4v) is 2.93. The van der Waals surface area contributed by atoms with E-state index in [0.29, 0.717) is 30.8 Å². The van der Waals surface area contributed by atoms with Crippen LogP contribution < -0.4 is 10.3 Å². The Hall–Kier alpha value is -2.47. The zero-order chi connectivity index (χ0) is 16.2. The quantitative estimate of drug-likeness (QED) is 0.938. The molecule has 1 N–H and O–H groups in total. The van der Waals surface area contributed by atoms with E-state index in [1.165, 1.54) is 5.01 Å². The van der Waals surface area contributed by atoms with Crippen LogP contribution in [0.25, 0.3) is 0 Å². The van der Waals surface area contributed by atoms with Crippen LogP contribution in [0.3, 0.4) is 0 Å². The number of amides is 2. The highest BCUT2D eigenvalue weighted by molar-refractivity contribution is 7.09. The van der Waals surface area contributed by atoms with E-state index in [1.807, 2.05) is 48.7 Å². The van der Waals surface area contributed by atoms with Gasteiger partial charge in [0, 0.05) is 17.7 Å². The number of rotatable bonds is 4. The number of hydrogen-bond donors (Lipinski definition) is 1. The molecule has 1 aromatic heterocycles. The SMILES string of the molecule is Cc1ccc(N2N=C(C(=O)NCc3cccs3)CCC2=O)cc1. The Morgan fingerprint density at radius 2 is 2.04 bits per heavy atom. The van der Waals surface area contributed by atoms with Gasteiger partial charge in [0.15, 0.2) is 0 Å². The summed E-state index contributed by atoms with van der Waals surface area (Å²) in [4.78, 5) is 25.4. The Kier molecular flexibility index (Phi) is 4.52. The van der Waals surface area contributed by atoms with Crippen LogP contribution in [0.15, 0.2) is 46.9 Å². The van der Waals surface area contributed by atoms with E-state index in [0.717, 1.165) is 10.4 Å². The summed E-state index contributed by atoms with van der Waals surface area (Å²) in [5.74, 6) is -0.313. The van der Waals surface area contributed by atoms with E-state index in [4.69, 9.17) is 0 Å². The van der Waals surface area contributed by atoms with Crippen LogP contribution >= 0.6 is 11.3 Å². The second-order valence-corrected chi connectivity index (χ2v) is 6.38. The minimum atomic E-state index is -0.219. The van der Waals surface area contributed by atoms with Gasteiger partial charge in [0.2, 0.25) is 5.91 Å². The molecule has 0 bridgehead atoms. The van der Waals surface area contributed by atoms with Gasteiger partial charge in [-0.25, -0.2) is 5.01 Å². The lowest BCUT2D eigenvalue weighted by Gasteiger charge is -2.23. The molecule has 1 aliphatic rings. The Bertz CT molecular complexity index is 736. The number of carbonyl (C=O) groups excluding carboxylic acids is 2. The number of hydrazone groups is 1. The average molecular weight is 327 g/mol. The summed E-state index contributed by atoms with van der Waals surface area (Å²) >= 11 is 1.59. The summed E-state index contributed by atoms with van der Waals surface area (Å²) in [6.45, 7) is 2.46. The van der Waals surface area contributed by atoms with Crippen LogP contribution in [-0.4, -0.2) is 17.5 Å². The second-order valence-electron chi connectivity index (χ2n) is 5.35. The van der Waals surface area contributed by atoms with Gasteiger partial charge in [0.1, 0.15) is 5.71 Å². The maximum Gasteiger partial charge on any atom is 0.267 e. The zero-order valence-corrected chi connectivity index (χ0v) is 13.6. The van der Waals surface area contributed by atoms with Crippen LogP contribution in [0.1, 0.15) is 23.3 Å². The molecule has 3 rings (SSSR count). The lowest BCUT2D eigenvalue weighted by Crippen LogP contribution is -2.38. The van der Waals surface area contributed by atoms with Crippen LogP contribution in [0.4, 0.5) is 5.69 Å². The first-order valence-electron chi connectivity index (χ1n) is 7.41. The van der Waals surface area contributed by atoms with Crippen molar-refractivity contribution in [3.63, 3.8) is 0 Å². The fraction of sp³-hybridized carbons (Fsp3) is 0.235. The number of benzene rings is 1. The Balaban J connectivity index is 1.73. The van der Waals surface area contributed by atoms with Gasteiger partial charge in [-0.1, -0.05) is 23.8 Å². The number of nitrogens with one attached hydrogen (secondary N) is 1. The summed E-state index contributed by atoms with van der Waals surface area (Å²) in [6.07, 6.45) is 0.663. The lowest BCUT2D eigenvalue weighted by molar-refractivity contribution is -0.119. The highest BCUT2D eigenvalue weighted by Crippen LogP contribution is 2.20. The largest absolute Gasteiger partial charge is 0.346 e. The first-order valence-corrected chi connectivity index (χ1v) is 8.29. The third-order valence-corrected chi connectivity index (χ3v) is 4.45. The molecule has 0 atom stereocenters. The molecule has 0 saturated carbocycles. The van der Waals surface area contributed by atoms with Gasteiger partial charge in [0.25, 0.3) is 5.91 Å². The Labute approximate surface area is 138 Å². The molecular weight excluding hydrogens is 310 g/mol. The van der Waals surface area contributed by atoms with Crippen molar-refractivity contribution in [2.75, 3.05) is 5.01 Å². The molecule has 1 aliphatic heterocycles. The molecule has 6 heteroatoms. The maximum atomic E-state index is 12.3. The van der Waals surface area contributed by atoms with Crippen LogP contribution in [0, 0.1) is 6.92 Å². The number of nitrogens with zero attached hydrogens (tertiary/aromatic N) is 2. The van der Waals surface area contributed by atoms with Gasteiger partial charge in [-0.15, -0.1) is 11.3 Å². The normalized spacial score (nSPS) is 14.6. The molecule has 2 aromatic rings. The lowest BCUT2D eigenvalue weighted by atomic mass is 10.1. The molecule has 0 spiro atoms. The van der Waals surface area contributed by atoms with Crippen molar-refractivity contribution in [1.29, 1.82) is 0 Å². The van der Waals surface area contributed by atoms with E-state index < -0.39 is 0 Å². The summed E-state index contributed by atoms with van der Waals surface area (Å²) < 4.78 is 0. The fourth-order valence-electron chi connectivity index (χ4n) is 2.29. The predicted octanol–water partition coefficient (Wildman–Crippen LogP) is 2.86. The molecule has 2 amide bonds. The predicted molar refractivity (Wildman–Crippen MR) is 91.5 cm³/mol. The topological polar surface area (TPSA) is 61.8 Å². The molecule has 118 valence electrons. The van der Waals surface area contributed by atoms with E-state index in [-0.39, 0.29) is 11.8 Å². The first-order chi connectivity index (χ1) is 11.1. The average Bonchev–Trinajstić information content (AvgIpc) is 3.07. The summed E-state index contributed by atoms with van der Waals surface area (Å²) in [7, 11) is 0. The highest BCUT2D eigenvalue weighted by atomic mass is 32.1. The van der Waals surface area contributed by atoms with Crippen LogP contribution in [-0.2, 0) is 16.1 Å². The number of anilines is 1. The minimum absolute atomic E-state index is 0.0938. The van der Waals surface area contributed by atoms with Crippen molar-refractivity contribution in [3.05, 3.63) is 52.2 Å². The molecule has 1 aromatic carbocycles. The third-order valence-electron chi connectivity index (χ3n) is 3.58. The van der Waals surface area contributed by atoms with Crippen molar-refractivity contribution in [1.82, 2.24) is 5.32 Å². The van der Waals surface area contributed by atoms with Crippen molar-refractivity contribution < 1.29 is 9.59 Å². The summed E-state index contributed by atoms with van der Waals surface area (Å²) in [6, 6.07) is 11.4. The summed E-state index contributed by atoms with van der Waals surface area (Å²) in [5, 5.41) is 10.4. The molecule has 0 radical (unpaired) electrons. The van der Waals surface area contributed by atoms with Gasteiger partial charge in [-0.3, -0.25) is 9.59 Å². The number of hydrogen-bond acceptors (Lipinski definition) is 4. The summed E-state index contributed by atoms with van der Waals surface area (Å²) in [5.41, 5.74) is 2.18. The van der Waals surface area contributed by atoms with E-state index in [9.17, 15) is 9.59 Å². The number of carbonyl (C=O) groups is 2. The molecule has 5 nitrogen and oxygen atoms in total. The maximum absolute atomic E-state index is 12.3. The molecule has 0 unspecified atom stereocenters. The monoisotopic (exact) mass is 327 g/mol. The van der Waals surface area contributed by atoms with Crippen molar-refractivity contribution in [2.24, 2.45) is 5.10 Å². The highest BCUT2D eigenvalue weighted by Gasteiger charge is 2.25. The van der Waals surface area contributed by atoms with Gasteiger partial charge < -0.3 is 5.32 Å². The molecular formula is C17H17N3O2S. The Morgan fingerprint density at radius 1 is 1.26 bits per heavy atom. The molecule has 0 saturated heterocycles. The minimum Gasteiger partial charge on any atom is -0.346 e. The molecule has 23 heavy (non-hydrogen) atoms. The van der Waals surface area contributed by atoms with Gasteiger partial charge in [-0.05, 0) is 30.5 Å². The van der Waals surface area contributed by atoms with E-state index in [1.54, 1.807) is 11.3 Å². The van der Waals surface area contributed by atoms with Gasteiger partial charge >= 0.3 is 0 Å². The standard InChI is InChI=1S/C17H17N3O2S/c1-12-4-6-13(7-5-12)20-16(21)9-8-15(19-20)17(22)18-11-14-3-2-10-23-14/h2-7,10H,8-9,11H2,1H3,(H,18,22). The zero-order valence-electron chi connectivity index (χ0n) is 12.8. The third kappa shape index (κ3) is 3.65. The first kappa shape index (κ1) is 15.4. The van der Waals surface area contributed by atoms with E-state index >= 15 is 0 Å². The van der Waals surface area contributed by atoms with E-state index in [2.05, 4.69) is 10.4 Å². The smallest absolute Gasteiger partial charge is 0.267 e. The molecule has 0 fully saturated rings.